The predicted molar refractivity (Wildman–Crippen MR) is 63.5 cm³/mol. The van der Waals surface area contributed by atoms with Crippen molar-refractivity contribution < 1.29 is 4.74 Å². The Labute approximate surface area is 95.0 Å². The van der Waals surface area contributed by atoms with Gasteiger partial charge in [-0.05, 0) is 12.8 Å². The molecule has 0 aliphatic carbocycles. The molecule has 0 spiro atoms. The van der Waals surface area contributed by atoms with Crippen LogP contribution in [0.1, 0.15) is 38.1 Å². The lowest BCUT2D eigenvalue weighted by molar-refractivity contribution is 0.117. The van der Waals surface area contributed by atoms with Gasteiger partial charge in [0, 0.05) is 13.5 Å². The van der Waals surface area contributed by atoms with Crippen molar-refractivity contribution in [2.24, 2.45) is 0 Å². The third-order valence-corrected chi connectivity index (χ3v) is 2.49. The smallest absolute Gasteiger partial charge is 0.256 e. The highest BCUT2D eigenvalue weighted by Crippen LogP contribution is 2.15. The van der Waals surface area contributed by atoms with E-state index in [0.717, 1.165) is 0 Å². The third kappa shape index (κ3) is 2.82. The summed E-state index contributed by atoms with van der Waals surface area (Å²) in [7, 11) is 1.62. The summed E-state index contributed by atoms with van der Waals surface area (Å²) in [5, 5.41) is 0. The van der Waals surface area contributed by atoms with Crippen molar-refractivity contribution in [1.29, 1.82) is 0 Å². The summed E-state index contributed by atoms with van der Waals surface area (Å²) < 4.78 is 5.11. The molecule has 16 heavy (non-hydrogen) atoms. The lowest BCUT2D eigenvalue weighted by Crippen LogP contribution is -2.23. The van der Waals surface area contributed by atoms with Gasteiger partial charge in [-0.2, -0.15) is 0 Å². The first-order chi connectivity index (χ1) is 7.45. The number of hydrogen-bond acceptors (Lipinski definition) is 4. The highest BCUT2D eigenvalue weighted by molar-refractivity contribution is 5.39. The Morgan fingerprint density at radius 3 is 2.50 bits per heavy atom. The van der Waals surface area contributed by atoms with E-state index < -0.39 is 0 Å². The van der Waals surface area contributed by atoms with Crippen LogP contribution in [0.25, 0.3) is 0 Å². The van der Waals surface area contributed by atoms with Gasteiger partial charge in [0.05, 0.1) is 11.7 Å². The van der Waals surface area contributed by atoms with E-state index in [1.54, 1.807) is 7.11 Å². The zero-order valence-electron chi connectivity index (χ0n) is 10.2. The first-order valence-corrected chi connectivity index (χ1v) is 5.37. The van der Waals surface area contributed by atoms with Crippen LogP contribution < -0.4 is 11.3 Å². The van der Waals surface area contributed by atoms with Gasteiger partial charge >= 0.3 is 0 Å². The largest absolute Gasteiger partial charge is 0.383 e. The molecular formula is C11H19N3O2. The number of ether oxygens (including phenoxy) is 1. The monoisotopic (exact) mass is 225 g/mol. The maximum atomic E-state index is 11.8. The van der Waals surface area contributed by atoms with Gasteiger partial charge in [-0.25, -0.2) is 4.98 Å². The molecule has 90 valence electrons. The molecule has 0 saturated heterocycles. The number of aromatic nitrogens is 2. The van der Waals surface area contributed by atoms with Crippen molar-refractivity contribution in [2.45, 2.75) is 39.2 Å². The molecule has 0 aromatic carbocycles. The number of nitrogens with one attached hydrogen (secondary N) is 1. The standard InChI is InChI=1S/C11H19N3O2/c1-6(2)9-10(12)13-8(14-11(9)15)5-7(3)16-4/h6-7H,5H2,1-4H3,(H3,12,13,14,15). The second kappa shape index (κ2) is 5.12. The SMILES string of the molecule is COC(C)Cc1nc(N)c(C(C)C)c(=O)[nH]1. The first kappa shape index (κ1) is 12.7. The maximum Gasteiger partial charge on any atom is 0.256 e. The van der Waals surface area contributed by atoms with Gasteiger partial charge in [-0.3, -0.25) is 4.79 Å². The van der Waals surface area contributed by atoms with Crippen molar-refractivity contribution in [3.05, 3.63) is 21.7 Å². The van der Waals surface area contributed by atoms with E-state index in [9.17, 15) is 4.79 Å². The Kier molecular flexibility index (Phi) is 4.06. The molecule has 5 heteroatoms. The lowest BCUT2D eigenvalue weighted by Gasteiger charge is -2.11. The summed E-state index contributed by atoms with van der Waals surface area (Å²) in [6.07, 6.45) is 0.557. The highest BCUT2D eigenvalue weighted by atomic mass is 16.5. The van der Waals surface area contributed by atoms with Crippen LogP contribution in [0.15, 0.2) is 4.79 Å². The number of aromatic amines is 1. The van der Waals surface area contributed by atoms with Gasteiger partial charge in [0.1, 0.15) is 11.6 Å². The van der Waals surface area contributed by atoms with Crippen molar-refractivity contribution in [1.82, 2.24) is 9.97 Å². The first-order valence-electron chi connectivity index (χ1n) is 5.37. The minimum atomic E-state index is -0.152. The van der Waals surface area contributed by atoms with Crippen LogP contribution in [0.4, 0.5) is 5.82 Å². The number of nitrogens with two attached hydrogens (primary N) is 1. The molecule has 0 radical (unpaired) electrons. The third-order valence-electron chi connectivity index (χ3n) is 2.49. The van der Waals surface area contributed by atoms with Crippen molar-refractivity contribution in [3.8, 4) is 0 Å². The van der Waals surface area contributed by atoms with Crippen molar-refractivity contribution in [3.63, 3.8) is 0 Å². The molecule has 1 heterocycles. The number of nitrogen functional groups attached to an aromatic ring is 1. The van der Waals surface area contributed by atoms with Crippen LogP contribution >= 0.6 is 0 Å². The van der Waals surface area contributed by atoms with Crippen LogP contribution in [0.2, 0.25) is 0 Å². The number of methoxy groups -OCH3 is 1. The summed E-state index contributed by atoms with van der Waals surface area (Å²) in [5.74, 6) is 0.962. The number of rotatable bonds is 4. The molecule has 1 aromatic rings. The number of nitrogens with zero attached hydrogens (tertiary/aromatic N) is 1. The molecule has 0 aliphatic rings. The van der Waals surface area contributed by atoms with Crippen molar-refractivity contribution >= 4 is 5.82 Å². The molecule has 0 amide bonds. The molecule has 1 unspecified atom stereocenters. The molecule has 5 nitrogen and oxygen atoms in total. The fourth-order valence-corrected chi connectivity index (χ4v) is 1.56. The van der Waals surface area contributed by atoms with E-state index >= 15 is 0 Å². The molecule has 0 bridgehead atoms. The van der Waals surface area contributed by atoms with E-state index in [1.807, 2.05) is 20.8 Å². The van der Waals surface area contributed by atoms with Gasteiger partial charge in [0.25, 0.3) is 5.56 Å². The normalized spacial score (nSPS) is 13.1. The Balaban J connectivity index is 3.05. The minimum absolute atomic E-state index is 0.00690. The summed E-state index contributed by atoms with van der Waals surface area (Å²) in [6, 6.07) is 0. The van der Waals surface area contributed by atoms with Crippen LogP contribution in [-0.4, -0.2) is 23.2 Å². The fourth-order valence-electron chi connectivity index (χ4n) is 1.56. The van der Waals surface area contributed by atoms with E-state index in [2.05, 4.69) is 9.97 Å². The molecule has 0 saturated carbocycles. The number of H-pyrrole nitrogens is 1. The summed E-state index contributed by atoms with van der Waals surface area (Å²) in [5.41, 5.74) is 6.17. The zero-order chi connectivity index (χ0) is 12.3. The van der Waals surface area contributed by atoms with Crippen LogP contribution in [-0.2, 0) is 11.2 Å². The maximum absolute atomic E-state index is 11.8. The molecule has 1 rings (SSSR count). The van der Waals surface area contributed by atoms with Gasteiger partial charge < -0.3 is 15.5 Å². The number of hydrogen-bond donors (Lipinski definition) is 2. The molecule has 1 aromatic heterocycles. The fraction of sp³-hybridized carbons (Fsp3) is 0.636. The number of anilines is 1. The van der Waals surface area contributed by atoms with E-state index in [1.165, 1.54) is 0 Å². The lowest BCUT2D eigenvalue weighted by atomic mass is 10.1. The Morgan fingerprint density at radius 1 is 1.44 bits per heavy atom. The summed E-state index contributed by atoms with van der Waals surface area (Å²) in [6.45, 7) is 5.74. The van der Waals surface area contributed by atoms with Crippen LogP contribution in [0.3, 0.4) is 0 Å². The predicted octanol–water partition coefficient (Wildman–Crippen LogP) is 1.05. The zero-order valence-corrected chi connectivity index (χ0v) is 10.2. The molecule has 1 atom stereocenters. The van der Waals surface area contributed by atoms with Gasteiger partial charge in [0.15, 0.2) is 0 Å². The summed E-state index contributed by atoms with van der Waals surface area (Å²) >= 11 is 0. The topological polar surface area (TPSA) is 81.0 Å². The molecule has 0 aliphatic heterocycles. The second-order valence-corrected chi connectivity index (χ2v) is 4.22. The molecular weight excluding hydrogens is 206 g/mol. The Bertz CT molecular complexity index is 412. The van der Waals surface area contributed by atoms with E-state index in [4.69, 9.17) is 10.5 Å². The van der Waals surface area contributed by atoms with Crippen LogP contribution in [0.5, 0.6) is 0 Å². The van der Waals surface area contributed by atoms with Crippen LogP contribution in [0, 0.1) is 0 Å². The van der Waals surface area contributed by atoms with Gasteiger partial charge in [0.2, 0.25) is 0 Å². The summed E-state index contributed by atoms with van der Waals surface area (Å²) in [4.78, 5) is 18.7. The second-order valence-electron chi connectivity index (χ2n) is 4.22. The van der Waals surface area contributed by atoms with E-state index in [0.29, 0.717) is 23.6 Å². The van der Waals surface area contributed by atoms with E-state index in [-0.39, 0.29) is 17.6 Å². The highest BCUT2D eigenvalue weighted by Gasteiger charge is 2.13. The quantitative estimate of drug-likeness (QED) is 0.802. The molecule has 0 fully saturated rings. The van der Waals surface area contributed by atoms with Gasteiger partial charge in [-0.15, -0.1) is 0 Å². The minimum Gasteiger partial charge on any atom is -0.383 e. The average molecular weight is 225 g/mol. The Hall–Kier alpha value is -1.36. The Morgan fingerprint density at radius 2 is 2.06 bits per heavy atom. The van der Waals surface area contributed by atoms with Gasteiger partial charge in [-0.1, -0.05) is 13.8 Å². The molecule has 3 N–H and O–H groups in total. The van der Waals surface area contributed by atoms with Crippen molar-refractivity contribution in [2.75, 3.05) is 12.8 Å². The average Bonchev–Trinajstić information content (AvgIpc) is 2.15.